The standard InChI is InChI=1S/C18H30O5/c1-17(7-15-11-21-15,5-3-13-9-19-13)23-18(2,8-16-12-22-16)6-4-14-10-20-14/h13-16H,3-12H2,1-2H3. The van der Waals surface area contributed by atoms with E-state index in [1.807, 2.05) is 0 Å². The van der Waals surface area contributed by atoms with Crippen LogP contribution in [0.1, 0.15) is 52.4 Å². The predicted octanol–water partition coefficient (Wildman–Crippen LogP) is 2.46. The normalized spacial score (nSPS) is 39.4. The highest BCUT2D eigenvalue weighted by atomic mass is 16.6. The van der Waals surface area contributed by atoms with Crippen molar-refractivity contribution in [1.29, 1.82) is 0 Å². The van der Waals surface area contributed by atoms with Crippen LogP contribution in [0, 0.1) is 0 Å². The SMILES string of the molecule is CC(CCC1CO1)(CC1CO1)OC(C)(CCC1CO1)CC1CO1. The summed E-state index contributed by atoms with van der Waals surface area (Å²) in [6.07, 6.45) is 7.91. The Morgan fingerprint density at radius 1 is 0.696 bits per heavy atom. The van der Waals surface area contributed by atoms with Crippen LogP contribution in [0.2, 0.25) is 0 Å². The second-order valence-corrected chi connectivity index (χ2v) is 8.31. The molecule has 4 aliphatic heterocycles. The van der Waals surface area contributed by atoms with Crippen LogP contribution in [0.4, 0.5) is 0 Å². The maximum atomic E-state index is 6.81. The summed E-state index contributed by atoms with van der Waals surface area (Å²) in [4.78, 5) is 0. The Morgan fingerprint density at radius 3 is 1.35 bits per heavy atom. The summed E-state index contributed by atoms with van der Waals surface area (Å²) in [5, 5.41) is 0. The summed E-state index contributed by atoms with van der Waals surface area (Å²) in [6, 6.07) is 0. The van der Waals surface area contributed by atoms with E-state index in [1.165, 1.54) is 0 Å². The molecule has 4 rings (SSSR count). The first-order valence-corrected chi connectivity index (χ1v) is 9.19. The average molecular weight is 326 g/mol. The molecule has 6 unspecified atom stereocenters. The van der Waals surface area contributed by atoms with Crippen LogP contribution in [-0.4, -0.2) is 62.0 Å². The fourth-order valence-electron chi connectivity index (χ4n) is 3.72. The summed E-state index contributed by atoms with van der Waals surface area (Å²) in [5.74, 6) is 0. The first-order valence-electron chi connectivity index (χ1n) is 9.19. The number of rotatable bonds is 12. The van der Waals surface area contributed by atoms with Crippen molar-refractivity contribution in [3.63, 3.8) is 0 Å². The molecule has 0 aromatic heterocycles. The van der Waals surface area contributed by atoms with Gasteiger partial charge in [-0.25, -0.2) is 0 Å². The van der Waals surface area contributed by atoms with E-state index >= 15 is 0 Å². The van der Waals surface area contributed by atoms with Crippen molar-refractivity contribution in [2.75, 3.05) is 26.4 Å². The Balaban J connectivity index is 1.38. The van der Waals surface area contributed by atoms with E-state index in [4.69, 9.17) is 23.7 Å². The lowest BCUT2D eigenvalue weighted by Gasteiger charge is -2.41. The molecule has 4 heterocycles. The number of hydrogen-bond acceptors (Lipinski definition) is 5. The average Bonchev–Trinajstić information content (AvgIpc) is 3.33. The van der Waals surface area contributed by atoms with Gasteiger partial charge in [-0.2, -0.15) is 0 Å². The molecule has 0 amide bonds. The lowest BCUT2D eigenvalue weighted by Crippen LogP contribution is -2.43. The van der Waals surface area contributed by atoms with Gasteiger partial charge in [0.25, 0.3) is 0 Å². The molecule has 5 nitrogen and oxygen atoms in total. The van der Waals surface area contributed by atoms with Crippen LogP contribution >= 0.6 is 0 Å². The molecule has 4 fully saturated rings. The minimum absolute atomic E-state index is 0.138. The largest absolute Gasteiger partial charge is 0.373 e. The van der Waals surface area contributed by atoms with Crippen LogP contribution in [0.25, 0.3) is 0 Å². The second-order valence-electron chi connectivity index (χ2n) is 8.31. The number of hydrogen-bond donors (Lipinski definition) is 0. The molecule has 0 N–H and O–H groups in total. The molecule has 4 saturated heterocycles. The Labute approximate surface area is 138 Å². The fraction of sp³-hybridized carbons (Fsp3) is 1.00. The van der Waals surface area contributed by atoms with Gasteiger partial charge in [0.05, 0.1) is 62.0 Å². The Bertz CT molecular complexity index is 376. The quantitative estimate of drug-likeness (QED) is 0.516. The lowest BCUT2D eigenvalue weighted by atomic mass is 9.88. The Morgan fingerprint density at radius 2 is 1.04 bits per heavy atom. The first kappa shape index (κ1) is 16.3. The topological polar surface area (TPSA) is 59.4 Å². The molecule has 0 aromatic rings. The van der Waals surface area contributed by atoms with Crippen LogP contribution in [0.15, 0.2) is 0 Å². The molecule has 0 aromatic carbocycles. The van der Waals surface area contributed by atoms with Crippen molar-refractivity contribution in [1.82, 2.24) is 0 Å². The van der Waals surface area contributed by atoms with Crippen molar-refractivity contribution in [2.45, 2.75) is 88.0 Å². The fourth-order valence-corrected chi connectivity index (χ4v) is 3.72. The van der Waals surface area contributed by atoms with Gasteiger partial charge in [0, 0.05) is 12.8 Å². The van der Waals surface area contributed by atoms with Gasteiger partial charge in [0.2, 0.25) is 0 Å². The van der Waals surface area contributed by atoms with Gasteiger partial charge in [-0.1, -0.05) is 0 Å². The summed E-state index contributed by atoms with van der Waals surface area (Å²) < 4.78 is 28.6. The molecule has 23 heavy (non-hydrogen) atoms. The van der Waals surface area contributed by atoms with E-state index in [2.05, 4.69) is 13.8 Å². The highest BCUT2D eigenvalue weighted by Crippen LogP contribution is 2.40. The van der Waals surface area contributed by atoms with E-state index in [1.54, 1.807) is 0 Å². The molecule has 0 radical (unpaired) electrons. The Hall–Kier alpha value is -0.200. The Kier molecular flexibility index (Phi) is 4.43. The van der Waals surface area contributed by atoms with Crippen LogP contribution in [0.3, 0.4) is 0 Å². The molecule has 0 spiro atoms. The van der Waals surface area contributed by atoms with Gasteiger partial charge in [-0.3, -0.25) is 0 Å². The van der Waals surface area contributed by atoms with Crippen LogP contribution in [0.5, 0.6) is 0 Å². The summed E-state index contributed by atoms with van der Waals surface area (Å²) in [7, 11) is 0. The van der Waals surface area contributed by atoms with E-state index in [0.29, 0.717) is 24.4 Å². The zero-order valence-corrected chi connectivity index (χ0v) is 14.4. The molecule has 0 saturated carbocycles. The van der Waals surface area contributed by atoms with Crippen molar-refractivity contribution in [3.8, 4) is 0 Å². The third-order valence-electron chi connectivity index (χ3n) is 5.41. The summed E-state index contributed by atoms with van der Waals surface area (Å²) in [5.41, 5.74) is -0.275. The zero-order chi connectivity index (χ0) is 15.9. The third-order valence-corrected chi connectivity index (χ3v) is 5.41. The minimum Gasteiger partial charge on any atom is -0.373 e. The molecule has 0 bridgehead atoms. The molecule has 5 heteroatoms. The van der Waals surface area contributed by atoms with Crippen molar-refractivity contribution in [2.24, 2.45) is 0 Å². The maximum absolute atomic E-state index is 6.81. The monoisotopic (exact) mass is 326 g/mol. The molecule has 0 aliphatic carbocycles. The highest BCUT2D eigenvalue weighted by Gasteiger charge is 2.44. The van der Waals surface area contributed by atoms with Gasteiger partial charge in [0.1, 0.15) is 0 Å². The lowest BCUT2D eigenvalue weighted by molar-refractivity contribution is -0.160. The van der Waals surface area contributed by atoms with E-state index in [0.717, 1.165) is 65.0 Å². The highest BCUT2D eigenvalue weighted by molar-refractivity contribution is 4.93. The smallest absolute Gasteiger partial charge is 0.0837 e. The first-order chi connectivity index (χ1) is 11.0. The molecule has 4 aliphatic rings. The molecule has 132 valence electrons. The van der Waals surface area contributed by atoms with Crippen molar-refractivity contribution < 1.29 is 23.7 Å². The molecular formula is C18H30O5. The third kappa shape index (κ3) is 5.40. The zero-order valence-electron chi connectivity index (χ0n) is 14.4. The van der Waals surface area contributed by atoms with Crippen LogP contribution < -0.4 is 0 Å². The van der Waals surface area contributed by atoms with E-state index in [-0.39, 0.29) is 11.2 Å². The van der Waals surface area contributed by atoms with Gasteiger partial charge < -0.3 is 23.7 Å². The van der Waals surface area contributed by atoms with Gasteiger partial charge >= 0.3 is 0 Å². The van der Waals surface area contributed by atoms with E-state index < -0.39 is 0 Å². The molecular weight excluding hydrogens is 296 g/mol. The van der Waals surface area contributed by atoms with Gasteiger partial charge in [-0.05, 0) is 39.5 Å². The maximum Gasteiger partial charge on any atom is 0.0837 e. The summed E-state index contributed by atoms with van der Waals surface area (Å²) in [6.45, 7) is 8.13. The van der Waals surface area contributed by atoms with Gasteiger partial charge in [-0.15, -0.1) is 0 Å². The number of ether oxygens (including phenoxy) is 5. The predicted molar refractivity (Wildman–Crippen MR) is 84.6 cm³/mol. The minimum atomic E-state index is -0.138. The van der Waals surface area contributed by atoms with Crippen molar-refractivity contribution in [3.05, 3.63) is 0 Å². The van der Waals surface area contributed by atoms with Gasteiger partial charge in [0.15, 0.2) is 0 Å². The second kappa shape index (κ2) is 6.26. The summed E-state index contributed by atoms with van der Waals surface area (Å²) >= 11 is 0. The van der Waals surface area contributed by atoms with Crippen LogP contribution in [-0.2, 0) is 23.7 Å². The molecule has 6 atom stereocenters. The van der Waals surface area contributed by atoms with Crippen molar-refractivity contribution >= 4 is 0 Å². The van der Waals surface area contributed by atoms with E-state index in [9.17, 15) is 0 Å². The number of epoxide rings is 4.